The summed E-state index contributed by atoms with van der Waals surface area (Å²) in [6, 6.07) is 0.0363. The highest BCUT2D eigenvalue weighted by molar-refractivity contribution is 6.07. The Morgan fingerprint density at radius 1 is 1.23 bits per heavy atom. The largest absolute Gasteiger partial charge is 0.340 e. The van der Waals surface area contributed by atoms with Crippen molar-refractivity contribution in [1.29, 1.82) is 0 Å². The molecule has 3 fully saturated rings. The predicted octanol–water partition coefficient (Wildman–Crippen LogP) is 1.57. The number of amides is 4. The standard InChI is InChI=1S/C19H32N4O3/c1-3-22(15-8-13-21(2)14-9-15)16(24)7-6-12-23-17(25)19(20-18(23)26)10-4-5-11-19/h15H,3-14H2,1-2H3,(H,20,26). The van der Waals surface area contributed by atoms with E-state index in [2.05, 4.69) is 17.3 Å². The van der Waals surface area contributed by atoms with Gasteiger partial charge in [0.2, 0.25) is 5.91 Å². The number of nitrogens with zero attached hydrogens (tertiary/aromatic N) is 3. The topological polar surface area (TPSA) is 73.0 Å². The molecule has 3 rings (SSSR count). The lowest BCUT2D eigenvalue weighted by molar-refractivity contribution is -0.135. The van der Waals surface area contributed by atoms with Crippen LogP contribution >= 0.6 is 0 Å². The molecule has 1 spiro atoms. The molecule has 1 aliphatic carbocycles. The smallest absolute Gasteiger partial charge is 0.325 e. The van der Waals surface area contributed by atoms with E-state index in [1.807, 2.05) is 11.8 Å². The Morgan fingerprint density at radius 3 is 2.50 bits per heavy atom. The molecule has 0 unspecified atom stereocenters. The summed E-state index contributed by atoms with van der Waals surface area (Å²) < 4.78 is 0. The molecule has 4 amide bonds. The third kappa shape index (κ3) is 3.72. The van der Waals surface area contributed by atoms with Crippen LogP contribution in [-0.4, -0.2) is 77.4 Å². The zero-order chi connectivity index (χ0) is 18.7. The normalized spacial score (nSPS) is 23.7. The molecule has 0 bridgehead atoms. The second-order valence-corrected chi connectivity index (χ2v) is 7.99. The van der Waals surface area contributed by atoms with Crippen LogP contribution in [0.15, 0.2) is 0 Å². The molecule has 146 valence electrons. The van der Waals surface area contributed by atoms with Gasteiger partial charge in [-0.3, -0.25) is 14.5 Å². The third-order valence-corrected chi connectivity index (χ3v) is 6.27. The summed E-state index contributed by atoms with van der Waals surface area (Å²) in [4.78, 5) is 43.1. The summed E-state index contributed by atoms with van der Waals surface area (Å²) >= 11 is 0. The van der Waals surface area contributed by atoms with Crippen LogP contribution in [0.2, 0.25) is 0 Å². The van der Waals surface area contributed by atoms with Crippen molar-refractivity contribution in [2.45, 2.75) is 69.9 Å². The molecule has 0 atom stereocenters. The second kappa shape index (κ2) is 7.94. The number of hydrogen-bond donors (Lipinski definition) is 1. The number of hydrogen-bond acceptors (Lipinski definition) is 4. The molecule has 2 aliphatic heterocycles. The maximum absolute atomic E-state index is 12.6. The SMILES string of the molecule is CCN(C(=O)CCCN1C(=O)NC2(CCCC2)C1=O)C1CCN(C)CC1. The minimum Gasteiger partial charge on any atom is -0.340 e. The molecule has 26 heavy (non-hydrogen) atoms. The van der Waals surface area contributed by atoms with Gasteiger partial charge in [0.1, 0.15) is 5.54 Å². The molecule has 2 heterocycles. The van der Waals surface area contributed by atoms with Crippen LogP contribution in [0.5, 0.6) is 0 Å². The third-order valence-electron chi connectivity index (χ3n) is 6.27. The van der Waals surface area contributed by atoms with Gasteiger partial charge in [-0.15, -0.1) is 0 Å². The first-order valence-electron chi connectivity index (χ1n) is 10.1. The Hall–Kier alpha value is -1.63. The zero-order valence-corrected chi connectivity index (χ0v) is 16.1. The summed E-state index contributed by atoms with van der Waals surface area (Å²) in [5.74, 6) is 0.0554. The summed E-state index contributed by atoms with van der Waals surface area (Å²) in [7, 11) is 2.11. The van der Waals surface area contributed by atoms with Crippen LogP contribution in [0.1, 0.15) is 58.3 Å². The molecule has 2 saturated heterocycles. The van der Waals surface area contributed by atoms with Crippen molar-refractivity contribution in [1.82, 2.24) is 20.0 Å². The van der Waals surface area contributed by atoms with Crippen molar-refractivity contribution < 1.29 is 14.4 Å². The maximum atomic E-state index is 12.6. The predicted molar refractivity (Wildman–Crippen MR) is 98.6 cm³/mol. The van der Waals surface area contributed by atoms with E-state index in [4.69, 9.17) is 0 Å². The highest BCUT2D eigenvalue weighted by Crippen LogP contribution is 2.35. The van der Waals surface area contributed by atoms with Crippen LogP contribution in [-0.2, 0) is 9.59 Å². The first-order chi connectivity index (χ1) is 12.5. The summed E-state index contributed by atoms with van der Waals surface area (Å²) in [5.41, 5.74) is -0.648. The second-order valence-electron chi connectivity index (χ2n) is 7.99. The van der Waals surface area contributed by atoms with E-state index in [9.17, 15) is 14.4 Å². The van der Waals surface area contributed by atoms with E-state index in [1.165, 1.54) is 4.90 Å². The number of likely N-dealkylation sites (tertiary alicyclic amines) is 1. The van der Waals surface area contributed by atoms with Crippen LogP contribution in [0.25, 0.3) is 0 Å². The number of carbonyl (C=O) groups excluding carboxylic acids is 3. The van der Waals surface area contributed by atoms with Crippen molar-refractivity contribution >= 4 is 17.8 Å². The number of piperidine rings is 1. The van der Waals surface area contributed by atoms with E-state index >= 15 is 0 Å². The average molecular weight is 364 g/mol. The molecule has 7 nitrogen and oxygen atoms in total. The molecule has 0 radical (unpaired) electrons. The quantitative estimate of drug-likeness (QED) is 0.726. The molecular formula is C19H32N4O3. The minimum atomic E-state index is -0.648. The van der Waals surface area contributed by atoms with Crippen molar-refractivity contribution in [3.63, 3.8) is 0 Å². The van der Waals surface area contributed by atoms with Gasteiger partial charge < -0.3 is 15.1 Å². The van der Waals surface area contributed by atoms with Crippen LogP contribution in [0.4, 0.5) is 4.79 Å². The molecule has 0 aromatic heterocycles. The highest BCUT2D eigenvalue weighted by Gasteiger charge is 2.52. The van der Waals surface area contributed by atoms with E-state index in [-0.39, 0.29) is 17.8 Å². The lowest BCUT2D eigenvalue weighted by atomic mass is 9.98. The van der Waals surface area contributed by atoms with Crippen LogP contribution in [0, 0.1) is 0 Å². The number of carbonyl (C=O) groups is 3. The Morgan fingerprint density at radius 2 is 1.88 bits per heavy atom. The number of rotatable bonds is 6. The summed E-state index contributed by atoms with van der Waals surface area (Å²) in [6.45, 7) is 5.14. The van der Waals surface area contributed by atoms with Gasteiger partial charge in [-0.1, -0.05) is 12.8 Å². The van der Waals surface area contributed by atoms with E-state index in [1.54, 1.807) is 0 Å². The Bertz CT molecular complexity index is 551. The number of nitrogens with one attached hydrogen (secondary N) is 1. The molecular weight excluding hydrogens is 332 g/mol. The van der Waals surface area contributed by atoms with Gasteiger partial charge in [0.25, 0.3) is 5.91 Å². The summed E-state index contributed by atoms with van der Waals surface area (Å²) in [6.07, 6.45) is 6.43. The number of urea groups is 1. The molecule has 0 aromatic rings. The number of imide groups is 1. The van der Waals surface area contributed by atoms with E-state index < -0.39 is 5.54 Å². The molecule has 1 saturated carbocycles. The fourth-order valence-electron chi connectivity index (χ4n) is 4.67. The fraction of sp³-hybridized carbons (Fsp3) is 0.842. The average Bonchev–Trinajstić information content (AvgIpc) is 3.18. The monoisotopic (exact) mass is 364 g/mol. The molecule has 7 heteroatoms. The first-order valence-corrected chi connectivity index (χ1v) is 10.1. The van der Waals surface area contributed by atoms with Gasteiger partial charge in [-0.2, -0.15) is 0 Å². The maximum Gasteiger partial charge on any atom is 0.325 e. The lowest BCUT2D eigenvalue weighted by Crippen LogP contribution is -2.46. The van der Waals surface area contributed by atoms with Gasteiger partial charge >= 0.3 is 6.03 Å². The first kappa shape index (κ1) is 19.1. The van der Waals surface area contributed by atoms with Gasteiger partial charge in [-0.05, 0) is 59.2 Å². The van der Waals surface area contributed by atoms with Crippen LogP contribution in [0.3, 0.4) is 0 Å². The van der Waals surface area contributed by atoms with Gasteiger partial charge in [0.15, 0.2) is 0 Å². The fourth-order valence-corrected chi connectivity index (χ4v) is 4.67. The molecule has 3 aliphatic rings. The van der Waals surface area contributed by atoms with Crippen LogP contribution < -0.4 is 5.32 Å². The van der Waals surface area contributed by atoms with Crippen molar-refractivity contribution in [2.24, 2.45) is 0 Å². The zero-order valence-electron chi connectivity index (χ0n) is 16.1. The van der Waals surface area contributed by atoms with Crippen molar-refractivity contribution in [3.8, 4) is 0 Å². The molecule has 1 N–H and O–H groups in total. The van der Waals surface area contributed by atoms with Gasteiger partial charge in [0, 0.05) is 25.6 Å². The molecule has 0 aromatic carbocycles. The Labute approximate surface area is 156 Å². The Kier molecular flexibility index (Phi) is 5.85. The van der Waals surface area contributed by atoms with Crippen molar-refractivity contribution in [2.75, 3.05) is 33.2 Å². The van der Waals surface area contributed by atoms with E-state index in [0.29, 0.717) is 25.4 Å². The highest BCUT2D eigenvalue weighted by atomic mass is 16.2. The van der Waals surface area contributed by atoms with E-state index in [0.717, 1.165) is 58.2 Å². The lowest BCUT2D eigenvalue weighted by Gasteiger charge is -2.37. The minimum absolute atomic E-state index is 0.0879. The van der Waals surface area contributed by atoms with Gasteiger partial charge in [0.05, 0.1) is 0 Å². The summed E-state index contributed by atoms with van der Waals surface area (Å²) in [5, 5.41) is 2.89. The van der Waals surface area contributed by atoms with Crippen molar-refractivity contribution in [3.05, 3.63) is 0 Å². The van der Waals surface area contributed by atoms with Gasteiger partial charge in [-0.25, -0.2) is 4.79 Å². The Balaban J connectivity index is 1.48.